The standard InChI is InChI=1S/C15H16FNO/c1-11-8-14(6-7-15(11)18-2)17-10-12-4-3-5-13(16)9-12/h3-9,17H,10H2,1-2H3. The Bertz CT molecular complexity index is 540. The predicted octanol–water partition coefficient (Wildman–Crippen LogP) is 3.75. The van der Waals surface area contributed by atoms with Gasteiger partial charge in [0.15, 0.2) is 0 Å². The lowest BCUT2D eigenvalue weighted by atomic mass is 10.2. The maximum absolute atomic E-state index is 13.0. The van der Waals surface area contributed by atoms with Crippen LogP contribution in [0.4, 0.5) is 10.1 Å². The quantitative estimate of drug-likeness (QED) is 0.885. The molecule has 0 atom stereocenters. The van der Waals surface area contributed by atoms with Crippen LogP contribution in [0.3, 0.4) is 0 Å². The van der Waals surface area contributed by atoms with Gasteiger partial charge < -0.3 is 10.1 Å². The summed E-state index contributed by atoms with van der Waals surface area (Å²) < 4.78 is 18.2. The molecular formula is C15H16FNO. The van der Waals surface area contributed by atoms with Crippen molar-refractivity contribution < 1.29 is 9.13 Å². The highest BCUT2D eigenvalue weighted by atomic mass is 19.1. The summed E-state index contributed by atoms with van der Waals surface area (Å²) in [6.45, 7) is 2.59. The van der Waals surface area contributed by atoms with Crippen molar-refractivity contribution in [2.45, 2.75) is 13.5 Å². The average Bonchev–Trinajstić information content (AvgIpc) is 2.37. The molecule has 2 nitrogen and oxygen atoms in total. The van der Waals surface area contributed by atoms with Crippen LogP contribution in [-0.4, -0.2) is 7.11 Å². The number of anilines is 1. The first kappa shape index (κ1) is 12.4. The first-order valence-corrected chi connectivity index (χ1v) is 5.82. The van der Waals surface area contributed by atoms with Crippen molar-refractivity contribution in [3.8, 4) is 5.75 Å². The van der Waals surface area contributed by atoms with E-state index in [-0.39, 0.29) is 5.82 Å². The highest BCUT2D eigenvalue weighted by molar-refractivity contribution is 5.51. The molecule has 0 amide bonds. The summed E-state index contributed by atoms with van der Waals surface area (Å²) >= 11 is 0. The Morgan fingerprint density at radius 1 is 1.17 bits per heavy atom. The van der Waals surface area contributed by atoms with Gasteiger partial charge in [-0.1, -0.05) is 12.1 Å². The van der Waals surface area contributed by atoms with Crippen LogP contribution in [0.1, 0.15) is 11.1 Å². The molecule has 0 aliphatic rings. The summed E-state index contributed by atoms with van der Waals surface area (Å²) in [4.78, 5) is 0. The van der Waals surface area contributed by atoms with E-state index < -0.39 is 0 Å². The molecule has 0 saturated heterocycles. The lowest BCUT2D eigenvalue weighted by molar-refractivity contribution is 0.412. The molecule has 0 spiro atoms. The number of halogens is 1. The van der Waals surface area contributed by atoms with Gasteiger partial charge in [-0.2, -0.15) is 0 Å². The molecule has 0 heterocycles. The van der Waals surface area contributed by atoms with Crippen molar-refractivity contribution in [1.82, 2.24) is 0 Å². The Morgan fingerprint density at radius 3 is 2.67 bits per heavy atom. The molecule has 94 valence electrons. The number of nitrogens with one attached hydrogen (secondary N) is 1. The zero-order chi connectivity index (χ0) is 13.0. The minimum atomic E-state index is -0.208. The molecule has 3 heteroatoms. The Kier molecular flexibility index (Phi) is 3.82. The third kappa shape index (κ3) is 3.00. The van der Waals surface area contributed by atoms with Crippen LogP contribution >= 0.6 is 0 Å². The largest absolute Gasteiger partial charge is 0.496 e. The maximum atomic E-state index is 13.0. The second kappa shape index (κ2) is 5.54. The highest BCUT2D eigenvalue weighted by Crippen LogP contribution is 2.21. The molecule has 0 saturated carbocycles. The zero-order valence-corrected chi connectivity index (χ0v) is 10.5. The number of hydrogen-bond acceptors (Lipinski definition) is 2. The van der Waals surface area contributed by atoms with Crippen LogP contribution in [0.2, 0.25) is 0 Å². The van der Waals surface area contributed by atoms with E-state index in [1.165, 1.54) is 12.1 Å². The molecule has 0 aliphatic carbocycles. The summed E-state index contributed by atoms with van der Waals surface area (Å²) in [5.74, 6) is 0.659. The molecule has 1 N–H and O–H groups in total. The fourth-order valence-corrected chi connectivity index (χ4v) is 1.84. The van der Waals surface area contributed by atoms with Crippen LogP contribution in [0.25, 0.3) is 0 Å². The molecule has 2 rings (SSSR count). The van der Waals surface area contributed by atoms with E-state index in [1.807, 2.05) is 31.2 Å². The molecule has 18 heavy (non-hydrogen) atoms. The van der Waals surface area contributed by atoms with Crippen LogP contribution in [0.15, 0.2) is 42.5 Å². The van der Waals surface area contributed by atoms with Crippen molar-refractivity contribution in [3.05, 3.63) is 59.4 Å². The van der Waals surface area contributed by atoms with Crippen molar-refractivity contribution in [2.75, 3.05) is 12.4 Å². The molecule has 0 aromatic heterocycles. The monoisotopic (exact) mass is 245 g/mol. The molecule has 0 fully saturated rings. The molecule has 0 radical (unpaired) electrons. The summed E-state index contributed by atoms with van der Waals surface area (Å²) in [5.41, 5.74) is 2.99. The van der Waals surface area contributed by atoms with Crippen molar-refractivity contribution in [2.24, 2.45) is 0 Å². The number of ether oxygens (including phenoxy) is 1. The predicted molar refractivity (Wildman–Crippen MR) is 71.5 cm³/mol. The first-order chi connectivity index (χ1) is 8.69. The van der Waals surface area contributed by atoms with E-state index in [0.717, 1.165) is 22.6 Å². The fraction of sp³-hybridized carbons (Fsp3) is 0.200. The first-order valence-electron chi connectivity index (χ1n) is 5.82. The molecular weight excluding hydrogens is 229 g/mol. The van der Waals surface area contributed by atoms with Crippen molar-refractivity contribution >= 4 is 5.69 Å². The number of benzene rings is 2. The Balaban J connectivity index is 2.04. The van der Waals surface area contributed by atoms with Crippen LogP contribution in [0, 0.1) is 12.7 Å². The van der Waals surface area contributed by atoms with Gasteiger partial charge in [0, 0.05) is 12.2 Å². The normalized spacial score (nSPS) is 10.2. The summed E-state index contributed by atoms with van der Waals surface area (Å²) in [7, 11) is 1.65. The Morgan fingerprint density at radius 2 is 2.00 bits per heavy atom. The lowest BCUT2D eigenvalue weighted by Crippen LogP contribution is -2.00. The van der Waals surface area contributed by atoms with Gasteiger partial charge in [-0.25, -0.2) is 4.39 Å². The van der Waals surface area contributed by atoms with E-state index in [1.54, 1.807) is 13.2 Å². The lowest BCUT2D eigenvalue weighted by Gasteiger charge is -2.10. The van der Waals surface area contributed by atoms with Crippen LogP contribution in [-0.2, 0) is 6.54 Å². The van der Waals surface area contributed by atoms with Gasteiger partial charge in [0.05, 0.1) is 7.11 Å². The minimum absolute atomic E-state index is 0.208. The number of methoxy groups -OCH3 is 1. The molecule has 2 aromatic carbocycles. The fourth-order valence-electron chi connectivity index (χ4n) is 1.84. The number of hydrogen-bond donors (Lipinski definition) is 1. The van der Waals surface area contributed by atoms with Gasteiger partial charge in [-0.15, -0.1) is 0 Å². The molecule has 0 unspecified atom stereocenters. The SMILES string of the molecule is COc1ccc(NCc2cccc(F)c2)cc1C. The topological polar surface area (TPSA) is 21.3 Å². The molecule has 0 bridgehead atoms. The smallest absolute Gasteiger partial charge is 0.123 e. The second-order valence-electron chi connectivity index (χ2n) is 4.17. The zero-order valence-electron chi connectivity index (χ0n) is 10.5. The van der Waals surface area contributed by atoms with E-state index in [9.17, 15) is 4.39 Å². The van der Waals surface area contributed by atoms with Gasteiger partial charge in [0.25, 0.3) is 0 Å². The third-order valence-corrected chi connectivity index (χ3v) is 2.78. The number of rotatable bonds is 4. The van der Waals surface area contributed by atoms with E-state index in [0.29, 0.717) is 6.54 Å². The van der Waals surface area contributed by atoms with Gasteiger partial charge in [-0.3, -0.25) is 0 Å². The average molecular weight is 245 g/mol. The van der Waals surface area contributed by atoms with E-state index in [2.05, 4.69) is 5.32 Å². The van der Waals surface area contributed by atoms with Gasteiger partial charge in [0.2, 0.25) is 0 Å². The van der Waals surface area contributed by atoms with E-state index >= 15 is 0 Å². The summed E-state index contributed by atoms with van der Waals surface area (Å²) in [6, 6.07) is 12.5. The van der Waals surface area contributed by atoms with Gasteiger partial charge in [0.1, 0.15) is 11.6 Å². The number of aryl methyl sites for hydroxylation is 1. The maximum Gasteiger partial charge on any atom is 0.123 e. The summed E-state index contributed by atoms with van der Waals surface area (Å²) in [5, 5.41) is 3.26. The second-order valence-corrected chi connectivity index (χ2v) is 4.17. The Hall–Kier alpha value is -2.03. The van der Waals surface area contributed by atoms with Crippen molar-refractivity contribution in [3.63, 3.8) is 0 Å². The molecule has 2 aromatic rings. The summed E-state index contributed by atoms with van der Waals surface area (Å²) in [6.07, 6.45) is 0. The van der Waals surface area contributed by atoms with Crippen molar-refractivity contribution in [1.29, 1.82) is 0 Å². The van der Waals surface area contributed by atoms with Gasteiger partial charge in [-0.05, 0) is 48.4 Å². The Labute approximate surface area is 106 Å². The third-order valence-electron chi connectivity index (χ3n) is 2.78. The highest BCUT2D eigenvalue weighted by Gasteiger charge is 2.00. The van der Waals surface area contributed by atoms with Crippen LogP contribution in [0.5, 0.6) is 5.75 Å². The van der Waals surface area contributed by atoms with Gasteiger partial charge >= 0.3 is 0 Å². The minimum Gasteiger partial charge on any atom is -0.496 e. The van der Waals surface area contributed by atoms with Crippen LogP contribution < -0.4 is 10.1 Å². The van der Waals surface area contributed by atoms with E-state index in [4.69, 9.17) is 4.74 Å². The molecule has 0 aliphatic heterocycles.